The maximum absolute atomic E-state index is 13.0. The van der Waals surface area contributed by atoms with Crippen molar-refractivity contribution < 1.29 is 19.1 Å². The number of carbonyl (C=O) groups is 2. The Morgan fingerprint density at radius 3 is 2.47 bits per heavy atom. The van der Waals surface area contributed by atoms with Gasteiger partial charge >= 0.3 is 0 Å². The van der Waals surface area contributed by atoms with E-state index in [4.69, 9.17) is 14.5 Å². The molecule has 1 fully saturated rings. The number of benzene rings is 1. The van der Waals surface area contributed by atoms with E-state index in [0.29, 0.717) is 50.5 Å². The van der Waals surface area contributed by atoms with Gasteiger partial charge in [0.1, 0.15) is 6.61 Å². The normalized spacial score (nSPS) is 17.6. The van der Waals surface area contributed by atoms with Crippen LogP contribution >= 0.6 is 0 Å². The number of carbonyl (C=O) groups excluding carboxylic acids is 2. The van der Waals surface area contributed by atoms with Gasteiger partial charge in [0.15, 0.2) is 17.1 Å². The Morgan fingerprint density at radius 2 is 1.75 bits per heavy atom. The first-order valence-electron chi connectivity index (χ1n) is 12.6. The number of aryl methyl sites for hydroxylation is 2. The first-order valence-corrected chi connectivity index (χ1v) is 12.6. The number of hydrogen-bond donors (Lipinski definition) is 0. The zero-order valence-corrected chi connectivity index (χ0v) is 21.4. The van der Waals surface area contributed by atoms with Crippen LogP contribution in [0.15, 0.2) is 30.5 Å². The molecule has 9 nitrogen and oxygen atoms in total. The van der Waals surface area contributed by atoms with E-state index >= 15 is 0 Å². The van der Waals surface area contributed by atoms with Crippen molar-refractivity contribution in [2.75, 3.05) is 32.8 Å². The third-order valence-corrected chi connectivity index (χ3v) is 7.14. The maximum Gasteiger partial charge on any atom is 0.267 e. The molecule has 5 rings (SSSR count). The number of fused-ring (bicyclic) bond motifs is 2. The molecule has 0 aliphatic carbocycles. The summed E-state index contributed by atoms with van der Waals surface area (Å²) in [6.07, 6.45) is 2.27. The molecule has 2 aliphatic rings. The Kier molecular flexibility index (Phi) is 6.55. The molecule has 4 heterocycles. The van der Waals surface area contributed by atoms with Gasteiger partial charge in [0.2, 0.25) is 12.0 Å². The lowest BCUT2D eigenvalue weighted by Gasteiger charge is -2.37. The van der Waals surface area contributed by atoms with Crippen LogP contribution in [0.1, 0.15) is 43.1 Å². The first kappa shape index (κ1) is 24.1. The predicted octanol–water partition coefficient (Wildman–Crippen LogP) is 3.07. The van der Waals surface area contributed by atoms with E-state index in [-0.39, 0.29) is 24.5 Å². The van der Waals surface area contributed by atoms with Crippen molar-refractivity contribution in [1.82, 2.24) is 24.6 Å². The van der Waals surface area contributed by atoms with Crippen LogP contribution in [-0.4, -0.2) is 75.3 Å². The summed E-state index contributed by atoms with van der Waals surface area (Å²) in [5.41, 5.74) is 4.10. The smallest absolute Gasteiger partial charge is 0.267 e. The molecule has 0 saturated carbocycles. The Balaban J connectivity index is 1.16. The maximum atomic E-state index is 13.0. The SMILES string of the molecule is Cc1nc2c(cnn2C(C)C)c(C)c1CCC(=O)N1CCN(C(=O)[C@@H]2COc3ccccc3O2)CC1. The number of piperazine rings is 1. The Labute approximate surface area is 211 Å². The molecule has 0 bridgehead atoms. The van der Waals surface area contributed by atoms with Crippen LogP contribution in [0.4, 0.5) is 0 Å². The molecule has 1 atom stereocenters. The summed E-state index contributed by atoms with van der Waals surface area (Å²) in [6, 6.07) is 7.60. The van der Waals surface area contributed by atoms with Crippen molar-refractivity contribution in [2.45, 2.75) is 52.7 Å². The molecule has 9 heteroatoms. The minimum absolute atomic E-state index is 0.0934. The van der Waals surface area contributed by atoms with Gasteiger partial charge in [-0.2, -0.15) is 5.10 Å². The van der Waals surface area contributed by atoms with E-state index in [9.17, 15) is 9.59 Å². The molecule has 0 spiro atoms. The molecule has 0 unspecified atom stereocenters. The average molecular weight is 492 g/mol. The van der Waals surface area contributed by atoms with Gasteiger partial charge in [0.25, 0.3) is 5.91 Å². The molecule has 2 aliphatic heterocycles. The largest absolute Gasteiger partial charge is 0.485 e. The molecular formula is C27H33N5O4. The van der Waals surface area contributed by atoms with E-state index in [0.717, 1.165) is 27.9 Å². The van der Waals surface area contributed by atoms with Gasteiger partial charge in [-0.15, -0.1) is 0 Å². The van der Waals surface area contributed by atoms with Gasteiger partial charge in [0, 0.05) is 49.7 Å². The number of aromatic nitrogens is 3. The lowest BCUT2D eigenvalue weighted by Crippen LogP contribution is -2.55. The van der Waals surface area contributed by atoms with Crippen molar-refractivity contribution in [3.63, 3.8) is 0 Å². The van der Waals surface area contributed by atoms with Gasteiger partial charge in [-0.3, -0.25) is 9.59 Å². The fourth-order valence-corrected chi connectivity index (χ4v) is 5.05. The molecule has 190 valence electrons. The van der Waals surface area contributed by atoms with Crippen LogP contribution in [0.2, 0.25) is 0 Å². The third-order valence-electron chi connectivity index (χ3n) is 7.14. The summed E-state index contributed by atoms with van der Waals surface area (Å²) in [5, 5.41) is 5.54. The van der Waals surface area contributed by atoms with E-state index < -0.39 is 6.10 Å². The number of rotatable bonds is 5. The van der Waals surface area contributed by atoms with Crippen molar-refractivity contribution in [2.24, 2.45) is 0 Å². The summed E-state index contributed by atoms with van der Waals surface area (Å²) in [5.74, 6) is 1.26. The van der Waals surface area contributed by atoms with Crippen molar-refractivity contribution in [1.29, 1.82) is 0 Å². The van der Waals surface area contributed by atoms with Crippen molar-refractivity contribution in [3.8, 4) is 11.5 Å². The molecule has 3 aromatic rings. The second-order valence-electron chi connectivity index (χ2n) is 9.79. The topological polar surface area (TPSA) is 89.8 Å². The number of pyridine rings is 1. The number of hydrogen-bond acceptors (Lipinski definition) is 6. The van der Waals surface area contributed by atoms with Crippen LogP contribution in [0.25, 0.3) is 11.0 Å². The molecule has 0 N–H and O–H groups in total. The molecule has 1 aromatic carbocycles. The van der Waals surface area contributed by atoms with Crippen molar-refractivity contribution in [3.05, 3.63) is 47.3 Å². The van der Waals surface area contributed by atoms with E-state index in [1.807, 2.05) is 40.9 Å². The number of amides is 2. The molecule has 1 saturated heterocycles. The first-order chi connectivity index (χ1) is 17.3. The monoisotopic (exact) mass is 491 g/mol. The fraction of sp³-hybridized carbons (Fsp3) is 0.481. The molecule has 2 aromatic heterocycles. The highest BCUT2D eigenvalue weighted by molar-refractivity contribution is 5.83. The zero-order valence-electron chi connectivity index (χ0n) is 21.4. The van der Waals surface area contributed by atoms with Gasteiger partial charge in [0.05, 0.1) is 6.20 Å². The van der Waals surface area contributed by atoms with Crippen molar-refractivity contribution >= 4 is 22.8 Å². The minimum Gasteiger partial charge on any atom is -0.485 e. The van der Waals surface area contributed by atoms with Crippen LogP contribution in [0.3, 0.4) is 0 Å². The molecule has 36 heavy (non-hydrogen) atoms. The van der Waals surface area contributed by atoms with Crippen LogP contribution in [0.5, 0.6) is 11.5 Å². The molecule has 0 radical (unpaired) electrons. The fourth-order valence-electron chi connectivity index (χ4n) is 5.05. The summed E-state index contributed by atoms with van der Waals surface area (Å²) >= 11 is 0. The predicted molar refractivity (Wildman–Crippen MR) is 135 cm³/mol. The highest BCUT2D eigenvalue weighted by atomic mass is 16.6. The van der Waals surface area contributed by atoms with E-state index in [1.165, 1.54) is 0 Å². The zero-order chi connectivity index (χ0) is 25.4. The van der Waals surface area contributed by atoms with E-state index in [1.54, 1.807) is 11.0 Å². The van der Waals surface area contributed by atoms with E-state index in [2.05, 4.69) is 25.9 Å². The molecule has 2 amide bonds. The summed E-state index contributed by atoms with van der Waals surface area (Å²) in [4.78, 5) is 34.4. The summed E-state index contributed by atoms with van der Waals surface area (Å²) < 4.78 is 13.5. The number of nitrogens with zero attached hydrogens (tertiary/aromatic N) is 5. The quantitative estimate of drug-likeness (QED) is 0.545. The average Bonchev–Trinajstić information content (AvgIpc) is 3.32. The van der Waals surface area contributed by atoms with Gasteiger partial charge in [-0.1, -0.05) is 12.1 Å². The molecular weight excluding hydrogens is 458 g/mol. The second kappa shape index (κ2) is 9.79. The Hall–Kier alpha value is -3.62. The van der Waals surface area contributed by atoms with Gasteiger partial charge in [-0.25, -0.2) is 9.67 Å². The standard InChI is InChI=1S/C27H33N5O4/c1-17(2)32-26-21(15-28-32)18(3)20(19(4)29-26)9-10-25(33)30-11-13-31(14-12-30)27(34)24-16-35-22-7-5-6-8-23(22)36-24/h5-8,15,17,24H,9-14,16H2,1-4H3/t24-/m0/s1. The third kappa shape index (κ3) is 4.50. The lowest BCUT2D eigenvalue weighted by molar-refractivity contribution is -0.146. The van der Waals surface area contributed by atoms with Crippen LogP contribution in [-0.2, 0) is 16.0 Å². The van der Waals surface area contributed by atoms with Gasteiger partial charge in [-0.05, 0) is 57.4 Å². The highest BCUT2D eigenvalue weighted by Crippen LogP contribution is 2.31. The lowest BCUT2D eigenvalue weighted by atomic mass is 10.00. The number of ether oxygens (including phenoxy) is 2. The summed E-state index contributed by atoms with van der Waals surface area (Å²) in [7, 11) is 0. The second-order valence-corrected chi connectivity index (χ2v) is 9.79. The highest BCUT2D eigenvalue weighted by Gasteiger charge is 2.33. The number of para-hydroxylation sites is 2. The summed E-state index contributed by atoms with van der Waals surface area (Å²) in [6.45, 7) is 10.5. The minimum atomic E-state index is -0.657. The van der Waals surface area contributed by atoms with Crippen LogP contribution in [0, 0.1) is 13.8 Å². The van der Waals surface area contributed by atoms with Crippen LogP contribution < -0.4 is 9.47 Å². The van der Waals surface area contributed by atoms with Gasteiger partial charge < -0.3 is 19.3 Å². The Morgan fingerprint density at radius 1 is 1.06 bits per heavy atom. The Bertz CT molecular complexity index is 1290.